The highest BCUT2D eigenvalue weighted by Gasteiger charge is 2.06. The molecule has 0 bridgehead atoms. The Morgan fingerprint density at radius 1 is 1.60 bits per heavy atom. The van der Waals surface area contributed by atoms with Gasteiger partial charge in [0.15, 0.2) is 11.5 Å². The molecule has 0 saturated heterocycles. The molecule has 0 aromatic heterocycles. The van der Waals surface area contributed by atoms with E-state index in [2.05, 4.69) is 15.9 Å². The quantitative estimate of drug-likeness (QED) is 0.678. The molecule has 0 atom stereocenters. The van der Waals surface area contributed by atoms with E-state index in [0.29, 0.717) is 15.8 Å². The summed E-state index contributed by atoms with van der Waals surface area (Å²) in [6, 6.07) is 2.91. The van der Waals surface area contributed by atoms with Gasteiger partial charge in [-0.3, -0.25) is 10.1 Å². The second-order valence-corrected chi connectivity index (χ2v) is 3.50. The van der Waals surface area contributed by atoms with Crippen molar-refractivity contribution < 1.29 is 14.8 Å². The third-order valence-electron chi connectivity index (χ3n) is 1.67. The highest BCUT2D eigenvalue weighted by molar-refractivity contribution is 9.10. The summed E-state index contributed by atoms with van der Waals surface area (Å²) in [5, 5.41) is 19.5. The molecule has 0 heterocycles. The first kappa shape index (κ1) is 11.5. The molecule has 0 aliphatic carbocycles. The normalized spacial score (nSPS) is 10.5. The summed E-state index contributed by atoms with van der Waals surface area (Å²) in [4.78, 5) is 9.53. The van der Waals surface area contributed by atoms with E-state index in [9.17, 15) is 15.2 Å². The Labute approximate surface area is 94.3 Å². The van der Waals surface area contributed by atoms with Crippen LogP contribution in [0.3, 0.4) is 0 Å². The molecule has 0 radical (unpaired) electrons. The van der Waals surface area contributed by atoms with Gasteiger partial charge in [-0.1, -0.05) is 15.9 Å². The maximum Gasteiger partial charge on any atom is 0.235 e. The fraction of sp³-hybridized carbons (Fsp3) is 0.111. The van der Waals surface area contributed by atoms with Crippen LogP contribution in [-0.2, 0) is 0 Å². The fourth-order valence-corrected chi connectivity index (χ4v) is 1.45. The van der Waals surface area contributed by atoms with Crippen molar-refractivity contribution in [1.29, 1.82) is 0 Å². The van der Waals surface area contributed by atoms with Crippen LogP contribution >= 0.6 is 15.9 Å². The summed E-state index contributed by atoms with van der Waals surface area (Å²) in [5.74, 6) is 0.240. The predicted molar refractivity (Wildman–Crippen MR) is 58.4 cm³/mol. The van der Waals surface area contributed by atoms with Crippen LogP contribution in [0.2, 0.25) is 0 Å². The molecule has 1 aromatic rings. The molecule has 0 amide bonds. The molecule has 5 nitrogen and oxygen atoms in total. The molecule has 0 saturated carbocycles. The van der Waals surface area contributed by atoms with Gasteiger partial charge in [0, 0.05) is 10.5 Å². The Hall–Kier alpha value is -1.56. The number of hydrogen-bond acceptors (Lipinski definition) is 4. The van der Waals surface area contributed by atoms with Crippen molar-refractivity contribution in [1.82, 2.24) is 0 Å². The monoisotopic (exact) mass is 273 g/mol. The first-order valence-corrected chi connectivity index (χ1v) is 4.72. The van der Waals surface area contributed by atoms with Crippen molar-refractivity contribution in [2.75, 3.05) is 7.11 Å². The lowest BCUT2D eigenvalue weighted by molar-refractivity contribution is -0.400. The highest BCUT2D eigenvalue weighted by Crippen LogP contribution is 2.32. The molecule has 0 unspecified atom stereocenters. The fourth-order valence-electron chi connectivity index (χ4n) is 0.992. The Morgan fingerprint density at radius 2 is 2.27 bits per heavy atom. The number of phenolic OH excluding ortho intramolecular Hbond substituents is 1. The lowest BCUT2D eigenvalue weighted by atomic mass is 10.2. The molecule has 15 heavy (non-hydrogen) atoms. The molecule has 1 rings (SSSR count). The van der Waals surface area contributed by atoms with Gasteiger partial charge >= 0.3 is 0 Å². The lowest BCUT2D eigenvalue weighted by Gasteiger charge is -2.05. The van der Waals surface area contributed by atoms with Crippen LogP contribution in [-0.4, -0.2) is 17.1 Å². The molecule has 6 heteroatoms. The van der Waals surface area contributed by atoms with Gasteiger partial charge in [-0.15, -0.1) is 0 Å². The Morgan fingerprint density at radius 3 is 2.80 bits per heavy atom. The lowest BCUT2D eigenvalue weighted by Crippen LogP contribution is -1.87. The van der Waals surface area contributed by atoms with Crippen LogP contribution in [0.1, 0.15) is 5.56 Å². The standard InChI is InChI=1S/C9H8BrNO4/c1-15-9-5-7(10)6(4-8(9)12)2-3-11(13)14/h2-5,12H,1H3/b3-2+. The van der Waals surface area contributed by atoms with Crippen molar-refractivity contribution in [2.45, 2.75) is 0 Å². The van der Waals surface area contributed by atoms with Gasteiger partial charge in [0.2, 0.25) is 6.20 Å². The summed E-state index contributed by atoms with van der Waals surface area (Å²) in [5.41, 5.74) is 0.505. The van der Waals surface area contributed by atoms with E-state index in [-0.39, 0.29) is 5.75 Å². The summed E-state index contributed by atoms with van der Waals surface area (Å²) < 4.78 is 5.48. The predicted octanol–water partition coefficient (Wildman–Crippen LogP) is 2.41. The van der Waals surface area contributed by atoms with Crippen LogP contribution in [0, 0.1) is 10.1 Å². The van der Waals surface area contributed by atoms with Gasteiger partial charge in [-0.25, -0.2) is 0 Å². The van der Waals surface area contributed by atoms with Gasteiger partial charge in [0.1, 0.15) is 0 Å². The average molecular weight is 274 g/mol. The van der Waals surface area contributed by atoms with Gasteiger partial charge in [-0.2, -0.15) is 0 Å². The van der Waals surface area contributed by atoms with Crippen molar-refractivity contribution in [3.8, 4) is 11.5 Å². The summed E-state index contributed by atoms with van der Waals surface area (Å²) in [6.07, 6.45) is 2.08. The molecule has 0 aliphatic heterocycles. The second-order valence-electron chi connectivity index (χ2n) is 2.65. The summed E-state index contributed by atoms with van der Waals surface area (Å²) >= 11 is 3.21. The molecule has 1 N–H and O–H groups in total. The molecule has 0 fully saturated rings. The Bertz CT molecular complexity index is 417. The average Bonchev–Trinajstić information content (AvgIpc) is 2.18. The zero-order chi connectivity index (χ0) is 11.4. The second kappa shape index (κ2) is 4.79. The third kappa shape index (κ3) is 2.95. The zero-order valence-corrected chi connectivity index (χ0v) is 9.39. The number of hydrogen-bond donors (Lipinski definition) is 1. The van der Waals surface area contributed by atoms with Crippen molar-refractivity contribution >= 4 is 22.0 Å². The van der Waals surface area contributed by atoms with E-state index in [1.54, 1.807) is 0 Å². The number of ether oxygens (including phenoxy) is 1. The van der Waals surface area contributed by atoms with E-state index >= 15 is 0 Å². The van der Waals surface area contributed by atoms with Crippen molar-refractivity contribution in [3.05, 3.63) is 38.5 Å². The minimum atomic E-state index is -0.576. The van der Waals surface area contributed by atoms with Gasteiger partial charge in [0.25, 0.3) is 0 Å². The van der Waals surface area contributed by atoms with Crippen LogP contribution in [0.15, 0.2) is 22.8 Å². The number of aromatic hydroxyl groups is 1. The van der Waals surface area contributed by atoms with Crippen LogP contribution in [0.4, 0.5) is 0 Å². The number of phenols is 1. The molecule has 0 aliphatic rings. The first-order chi connectivity index (χ1) is 7.04. The number of rotatable bonds is 3. The van der Waals surface area contributed by atoms with Crippen molar-refractivity contribution in [2.24, 2.45) is 0 Å². The molecular weight excluding hydrogens is 266 g/mol. The molecule has 1 aromatic carbocycles. The maximum absolute atomic E-state index is 10.1. The number of methoxy groups -OCH3 is 1. The summed E-state index contributed by atoms with van der Waals surface area (Å²) in [6.45, 7) is 0. The number of halogens is 1. The van der Waals surface area contributed by atoms with Crippen LogP contribution in [0.5, 0.6) is 11.5 Å². The third-order valence-corrected chi connectivity index (χ3v) is 2.36. The van der Waals surface area contributed by atoms with E-state index in [1.165, 1.54) is 25.3 Å². The van der Waals surface area contributed by atoms with Crippen LogP contribution in [0.25, 0.3) is 6.08 Å². The summed E-state index contributed by atoms with van der Waals surface area (Å²) in [7, 11) is 1.42. The first-order valence-electron chi connectivity index (χ1n) is 3.93. The Kier molecular flexibility index (Phi) is 3.68. The largest absolute Gasteiger partial charge is 0.504 e. The van der Waals surface area contributed by atoms with E-state index in [1.807, 2.05) is 0 Å². The maximum atomic E-state index is 10.1. The van der Waals surface area contributed by atoms with Gasteiger partial charge < -0.3 is 9.84 Å². The smallest absolute Gasteiger partial charge is 0.235 e. The van der Waals surface area contributed by atoms with E-state index < -0.39 is 4.92 Å². The SMILES string of the molecule is COc1cc(Br)c(/C=C/[N+](=O)[O-])cc1O. The molecular formula is C9H8BrNO4. The number of benzene rings is 1. The minimum Gasteiger partial charge on any atom is -0.504 e. The Balaban J connectivity index is 3.10. The zero-order valence-electron chi connectivity index (χ0n) is 7.81. The van der Waals surface area contributed by atoms with Crippen LogP contribution < -0.4 is 4.74 Å². The topological polar surface area (TPSA) is 72.6 Å². The van der Waals surface area contributed by atoms with Crippen molar-refractivity contribution in [3.63, 3.8) is 0 Å². The minimum absolute atomic E-state index is 0.0660. The van der Waals surface area contributed by atoms with E-state index in [0.717, 1.165) is 6.20 Å². The highest BCUT2D eigenvalue weighted by atomic mass is 79.9. The number of nitro groups is 1. The van der Waals surface area contributed by atoms with Gasteiger partial charge in [0.05, 0.1) is 12.0 Å². The molecule has 80 valence electrons. The van der Waals surface area contributed by atoms with Gasteiger partial charge in [-0.05, 0) is 17.7 Å². The number of nitrogens with zero attached hydrogens (tertiary/aromatic N) is 1. The molecule has 0 spiro atoms. The van der Waals surface area contributed by atoms with E-state index in [4.69, 9.17) is 4.74 Å².